The van der Waals surface area contributed by atoms with Crippen molar-refractivity contribution in [2.24, 2.45) is 22.7 Å². The Balaban J connectivity index is 0.747. The standard InChI is InChI=1S/C55H90O21/c1-25(56)46-34(58)24-55(62)53(46,8)40(59)23-39-52(7)15-14-32(17-31(52)13-16-54(39,55)61)72-41-18-33(57)48(27(3)68-41)73-43-20-36(64-10)50(28(4)69-43)75-45-22-38(66-12)51(30(6)71-45)76-44-21-37(65-11)49(29(5)70-44)74-42-19-35(63-9)47(60)26(2)67-42/h13,26-30,32-51,57-62H,14-24H2,1-12H3/t26-,27-,28-,29-,30-,32+,33-,34-,35-,36-,37+,38-,39-,40-,41+,42+,43+,44+,45+,46+,47-,48-,49-,50-,51-,52+,53-,54+,55-/m1/s1. The number of hydrogen-bond donors (Lipinski definition) is 6. The van der Waals surface area contributed by atoms with Crippen LogP contribution in [0.25, 0.3) is 0 Å². The normalized spacial score (nSPS) is 53.8. The monoisotopic (exact) mass is 1090 g/mol. The van der Waals surface area contributed by atoms with Crippen molar-refractivity contribution < 1.29 is 102 Å². The van der Waals surface area contributed by atoms with Crippen molar-refractivity contribution in [1.82, 2.24) is 0 Å². The maximum absolute atomic E-state index is 12.8. The Bertz CT molecular complexity index is 2000. The summed E-state index contributed by atoms with van der Waals surface area (Å²) in [4.78, 5) is 12.8. The highest BCUT2D eigenvalue weighted by Crippen LogP contribution is 2.69. The smallest absolute Gasteiger partial charge is 0.161 e. The van der Waals surface area contributed by atoms with Crippen molar-refractivity contribution in [2.75, 3.05) is 28.4 Å². The lowest BCUT2D eigenvalue weighted by atomic mass is 9.43. The lowest BCUT2D eigenvalue weighted by Gasteiger charge is -2.66. The van der Waals surface area contributed by atoms with Gasteiger partial charge in [-0.05, 0) is 79.1 Å². The molecule has 5 saturated heterocycles. The van der Waals surface area contributed by atoms with E-state index < -0.39 is 163 Å². The van der Waals surface area contributed by atoms with Crippen LogP contribution in [-0.4, -0.2) is 217 Å². The summed E-state index contributed by atoms with van der Waals surface area (Å²) in [6, 6.07) is 0. The first-order valence-corrected chi connectivity index (χ1v) is 28.0. The predicted octanol–water partition coefficient (Wildman–Crippen LogP) is 2.71. The summed E-state index contributed by atoms with van der Waals surface area (Å²) in [5.74, 6) is -1.83. The summed E-state index contributed by atoms with van der Waals surface area (Å²) in [5, 5.41) is 69.7. The van der Waals surface area contributed by atoms with E-state index in [1.807, 2.05) is 33.8 Å². The summed E-state index contributed by atoms with van der Waals surface area (Å²) in [5.41, 5.74) is -4.46. The van der Waals surface area contributed by atoms with Gasteiger partial charge >= 0.3 is 0 Å². The molecule has 0 aromatic rings. The third-order valence-corrected chi connectivity index (χ3v) is 19.9. The second kappa shape index (κ2) is 23.1. The van der Waals surface area contributed by atoms with Gasteiger partial charge in [0.05, 0.1) is 85.3 Å². The van der Waals surface area contributed by atoms with E-state index in [4.69, 9.17) is 66.3 Å². The molecule has 3 saturated carbocycles. The van der Waals surface area contributed by atoms with E-state index in [0.29, 0.717) is 44.9 Å². The Kier molecular flexibility index (Phi) is 18.0. The molecule has 76 heavy (non-hydrogen) atoms. The number of rotatable bonds is 15. The molecule has 0 unspecified atom stereocenters. The molecule has 9 rings (SSSR count). The van der Waals surface area contributed by atoms with Crippen molar-refractivity contribution in [1.29, 1.82) is 0 Å². The van der Waals surface area contributed by atoms with Crippen molar-refractivity contribution >= 4 is 5.78 Å². The fourth-order valence-corrected chi connectivity index (χ4v) is 15.6. The third-order valence-electron chi connectivity index (χ3n) is 19.9. The Morgan fingerprint density at radius 1 is 0.579 bits per heavy atom. The van der Waals surface area contributed by atoms with Crippen LogP contribution in [0, 0.1) is 22.7 Å². The largest absolute Gasteiger partial charge is 0.392 e. The van der Waals surface area contributed by atoms with Gasteiger partial charge in [0.15, 0.2) is 31.5 Å². The highest BCUT2D eigenvalue weighted by molar-refractivity contribution is 5.81. The Hall–Kier alpha value is -1.39. The molecule has 4 aliphatic carbocycles. The SMILES string of the molecule is CO[C@H]1C[C@H](O[C@@H]2[C@@H](C)O[C@@H](O[C@@H]3[C@@H](C)O[C@@H](O[C@H]4[C@H](O)C[C@H](O[C@H]5CC[C@@]6(C)C(=CC[C@]7(O)[C@@H]6C[C@@H](O)[C@]6(C)[C@@H](C(C)=O)[C@H](O)C[C@@]67O)C5)O[C@@H]4C)C[C@H]3OC)C[C@H]2OC)O[C@H](C)[C@H]1O[C@H]1C[C@@H](OC)[C@H](O)[C@@H](C)O1. The molecule has 21 nitrogen and oxygen atoms in total. The number of ether oxygens (including phenoxy) is 14. The zero-order valence-electron chi connectivity index (χ0n) is 46.6. The van der Waals surface area contributed by atoms with Crippen molar-refractivity contribution in [2.45, 2.75) is 279 Å². The van der Waals surface area contributed by atoms with E-state index in [-0.39, 0.29) is 43.7 Å². The zero-order valence-corrected chi connectivity index (χ0v) is 46.6. The molecule has 21 heteroatoms. The average Bonchev–Trinajstić information content (AvgIpc) is 3.71. The lowest BCUT2D eigenvalue weighted by Crippen LogP contribution is -2.75. The van der Waals surface area contributed by atoms with Gasteiger partial charge in [0, 0.05) is 78.3 Å². The minimum absolute atomic E-state index is 0.115. The number of hydrogen-bond acceptors (Lipinski definition) is 21. The number of methoxy groups -OCH3 is 4. The van der Waals surface area contributed by atoms with Gasteiger partial charge in [-0.1, -0.05) is 25.5 Å². The van der Waals surface area contributed by atoms with Gasteiger partial charge in [0.2, 0.25) is 0 Å². The van der Waals surface area contributed by atoms with Crippen LogP contribution in [0.4, 0.5) is 0 Å². The highest BCUT2D eigenvalue weighted by atomic mass is 16.8. The molecule has 0 radical (unpaired) electrons. The van der Waals surface area contributed by atoms with E-state index in [1.165, 1.54) is 6.92 Å². The number of carbonyl (C=O) groups excluding carboxylic acids is 1. The molecular formula is C55H90O21. The van der Waals surface area contributed by atoms with E-state index in [9.17, 15) is 35.4 Å². The highest BCUT2D eigenvalue weighted by Gasteiger charge is 2.78. The number of aliphatic hydroxyl groups excluding tert-OH is 4. The van der Waals surface area contributed by atoms with Crippen LogP contribution < -0.4 is 0 Å². The molecular weight excluding hydrogens is 997 g/mol. The molecule has 5 aliphatic heterocycles. The van der Waals surface area contributed by atoms with E-state index >= 15 is 0 Å². The van der Waals surface area contributed by atoms with Gasteiger partial charge in [-0.2, -0.15) is 0 Å². The summed E-state index contributed by atoms with van der Waals surface area (Å²) >= 11 is 0. The first-order chi connectivity index (χ1) is 35.9. The molecule has 0 aromatic heterocycles. The Morgan fingerprint density at radius 2 is 1.01 bits per heavy atom. The first-order valence-electron chi connectivity index (χ1n) is 28.0. The van der Waals surface area contributed by atoms with Crippen LogP contribution in [0.5, 0.6) is 0 Å². The van der Waals surface area contributed by atoms with Crippen molar-refractivity contribution in [3.05, 3.63) is 11.6 Å². The van der Waals surface area contributed by atoms with Crippen LogP contribution in [-0.2, 0) is 71.1 Å². The number of aliphatic hydroxyl groups is 6. The van der Waals surface area contributed by atoms with Crippen LogP contribution in [0.3, 0.4) is 0 Å². The van der Waals surface area contributed by atoms with E-state index in [1.54, 1.807) is 42.3 Å². The number of ketones is 1. The number of carbonyl (C=O) groups is 1. The van der Waals surface area contributed by atoms with Crippen LogP contribution in [0.1, 0.15) is 126 Å². The average molecular weight is 1090 g/mol. The van der Waals surface area contributed by atoms with Crippen LogP contribution in [0.2, 0.25) is 0 Å². The molecule has 0 spiro atoms. The molecule has 29 atom stereocenters. The van der Waals surface area contributed by atoms with Crippen molar-refractivity contribution in [3.63, 3.8) is 0 Å². The Morgan fingerprint density at radius 3 is 1.47 bits per heavy atom. The van der Waals surface area contributed by atoms with Gasteiger partial charge < -0.3 is 97.0 Å². The molecule has 5 heterocycles. The van der Waals surface area contributed by atoms with Crippen molar-refractivity contribution in [3.8, 4) is 0 Å². The van der Waals surface area contributed by atoms with Gasteiger partial charge in [0.1, 0.15) is 47.5 Å². The molecule has 9 aliphatic rings. The first kappa shape index (κ1) is 59.2. The van der Waals surface area contributed by atoms with Crippen LogP contribution in [0.15, 0.2) is 11.6 Å². The van der Waals surface area contributed by atoms with E-state index in [0.717, 1.165) is 5.57 Å². The number of Topliss-reactive ketones (excluding diaryl/α,β-unsaturated/α-hetero) is 1. The lowest BCUT2D eigenvalue weighted by molar-refractivity contribution is -0.351. The number of fused-ring (bicyclic) bond motifs is 5. The maximum Gasteiger partial charge on any atom is 0.161 e. The molecule has 6 N–H and O–H groups in total. The Labute approximate surface area is 447 Å². The topological polar surface area (TPSA) is 268 Å². The molecule has 0 amide bonds. The van der Waals surface area contributed by atoms with Gasteiger partial charge in [0.25, 0.3) is 0 Å². The summed E-state index contributed by atoms with van der Waals surface area (Å²) in [6.07, 6.45) is -8.49. The van der Waals surface area contributed by atoms with Gasteiger partial charge in [-0.25, -0.2) is 0 Å². The third kappa shape index (κ3) is 10.6. The minimum atomic E-state index is -1.88. The summed E-state index contributed by atoms with van der Waals surface area (Å²) < 4.78 is 87.6. The van der Waals surface area contributed by atoms with Crippen LogP contribution >= 0.6 is 0 Å². The predicted molar refractivity (Wildman–Crippen MR) is 266 cm³/mol. The van der Waals surface area contributed by atoms with Gasteiger partial charge in [-0.3, -0.25) is 4.79 Å². The maximum atomic E-state index is 12.8. The minimum Gasteiger partial charge on any atom is -0.392 e. The fourth-order valence-electron chi connectivity index (χ4n) is 15.6. The summed E-state index contributed by atoms with van der Waals surface area (Å²) in [7, 11) is 6.43. The second-order valence-corrected chi connectivity index (χ2v) is 24.2. The quantitative estimate of drug-likeness (QED) is 0.129. The molecule has 8 fully saturated rings. The summed E-state index contributed by atoms with van der Waals surface area (Å²) in [6.45, 7) is 14.4. The molecule has 436 valence electrons. The fraction of sp³-hybridized carbons (Fsp3) is 0.945. The second-order valence-electron chi connectivity index (χ2n) is 24.2. The zero-order chi connectivity index (χ0) is 55.0. The molecule has 0 bridgehead atoms. The molecule has 0 aromatic carbocycles. The van der Waals surface area contributed by atoms with E-state index in [2.05, 4.69) is 6.92 Å². The van der Waals surface area contributed by atoms with Gasteiger partial charge in [-0.15, -0.1) is 0 Å².